The van der Waals surface area contributed by atoms with Gasteiger partial charge in [0.25, 0.3) is 0 Å². The van der Waals surface area contributed by atoms with Crippen LogP contribution in [0.2, 0.25) is 0 Å². The maximum Gasteiger partial charge on any atom is 0.309 e. The number of aliphatic carboxylic acids is 1. The maximum atomic E-state index is 10.8. The van der Waals surface area contributed by atoms with E-state index in [1.807, 2.05) is 38.1 Å². The van der Waals surface area contributed by atoms with Crippen LogP contribution in [0, 0.1) is 13.8 Å². The average molecular weight is 230 g/mol. The number of aromatic amines is 1. The van der Waals surface area contributed by atoms with E-state index in [0.29, 0.717) is 5.69 Å². The summed E-state index contributed by atoms with van der Waals surface area (Å²) < 4.78 is 0. The fraction of sp³-hybridized carbons (Fsp3) is 0.231. The van der Waals surface area contributed by atoms with E-state index in [1.54, 1.807) is 0 Å². The fourth-order valence-electron chi connectivity index (χ4n) is 1.77. The van der Waals surface area contributed by atoms with Gasteiger partial charge in [-0.15, -0.1) is 0 Å². The van der Waals surface area contributed by atoms with Gasteiger partial charge in [0.05, 0.1) is 17.8 Å². The zero-order valence-electron chi connectivity index (χ0n) is 9.82. The van der Waals surface area contributed by atoms with Crippen molar-refractivity contribution in [2.45, 2.75) is 20.3 Å². The van der Waals surface area contributed by atoms with E-state index in [0.717, 1.165) is 17.1 Å². The molecule has 1 aromatic carbocycles. The third-order valence-corrected chi connectivity index (χ3v) is 2.55. The Balaban J connectivity index is 2.43. The number of nitrogens with zero attached hydrogens (tertiary/aromatic N) is 1. The van der Waals surface area contributed by atoms with Crippen molar-refractivity contribution < 1.29 is 9.90 Å². The summed E-state index contributed by atoms with van der Waals surface area (Å²) >= 11 is 0. The lowest BCUT2D eigenvalue weighted by atomic mass is 10.1. The Bertz CT molecular complexity index is 541. The zero-order valence-corrected chi connectivity index (χ0v) is 9.82. The molecule has 0 saturated heterocycles. The molecule has 1 aromatic heterocycles. The van der Waals surface area contributed by atoms with Gasteiger partial charge in [0.15, 0.2) is 0 Å². The molecule has 4 heteroatoms. The molecule has 88 valence electrons. The molecule has 0 aliphatic rings. The van der Waals surface area contributed by atoms with Crippen LogP contribution in [-0.4, -0.2) is 21.0 Å². The van der Waals surface area contributed by atoms with Gasteiger partial charge < -0.3 is 10.1 Å². The Labute approximate surface area is 99.3 Å². The number of benzene rings is 1. The number of H-pyrrole nitrogens is 1. The lowest BCUT2D eigenvalue weighted by molar-refractivity contribution is -0.136. The summed E-state index contributed by atoms with van der Waals surface area (Å²) in [5.41, 5.74) is 3.49. The van der Waals surface area contributed by atoms with Crippen molar-refractivity contribution in [1.29, 1.82) is 0 Å². The third-order valence-electron chi connectivity index (χ3n) is 2.55. The van der Waals surface area contributed by atoms with Gasteiger partial charge in [-0.05, 0) is 13.8 Å². The summed E-state index contributed by atoms with van der Waals surface area (Å²) in [5, 5.41) is 8.84. The van der Waals surface area contributed by atoms with Gasteiger partial charge in [0.1, 0.15) is 5.82 Å². The Kier molecular flexibility index (Phi) is 2.95. The molecule has 0 aliphatic heterocycles. The highest BCUT2D eigenvalue weighted by molar-refractivity contribution is 5.74. The van der Waals surface area contributed by atoms with E-state index in [2.05, 4.69) is 9.97 Å². The summed E-state index contributed by atoms with van der Waals surface area (Å²) in [6, 6.07) is 7.89. The maximum absolute atomic E-state index is 10.8. The molecule has 0 spiro atoms. The highest BCUT2D eigenvalue weighted by atomic mass is 16.4. The molecule has 0 aliphatic carbocycles. The number of carboxylic acid groups (broad SMARTS) is 1. The van der Waals surface area contributed by atoms with Crippen LogP contribution in [0.1, 0.15) is 17.1 Å². The van der Waals surface area contributed by atoms with Gasteiger partial charge >= 0.3 is 5.97 Å². The van der Waals surface area contributed by atoms with Gasteiger partial charge in [-0.3, -0.25) is 4.79 Å². The Hall–Kier alpha value is -2.10. The Morgan fingerprint density at radius 2 is 1.94 bits per heavy atom. The van der Waals surface area contributed by atoms with E-state index < -0.39 is 5.97 Å². The first-order chi connectivity index (χ1) is 8.06. The molecule has 0 atom stereocenters. The quantitative estimate of drug-likeness (QED) is 0.850. The topological polar surface area (TPSA) is 66.0 Å². The summed E-state index contributed by atoms with van der Waals surface area (Å²) in [6.07, 6.45) is -0.0376. The second-order valence-electron chi connectivity index (χ2n) is 4.09. The minimum atomic E-state index is -0.859. The van der Waals surface area contributed by atoms with E-state index in [9.17, 15) is 4.79 Å². The summed E-state index contributed by atoms with van der Waals surface area (Å²) in [5.74, 6) is -0.126. The van der Waals surface area contributed by atoms with E-state index >= 15 is 0 Å². The zero-order chi connectivity index (χ0) is 12.4. The normalized spacial score (nSPS) is 10.5. The van der Waals surface area contributed by atoms with Crippen molar-refractivity contribution in [2.24, 2.45) is 0 Å². The molecule has 0 unspecified atom stereocenters. The summed E-state index contributed by atoms with van der Waals surface area (Å²) in [7, 11) is 0. The van der Waals surface area contributed by atoms with Crippen LogP contribution < -0.4 is 0 Å². The third kappa shape index (κ3) is 2.53. The number of aryl methyl sites for hydroxylation is 2. The van der Waals surface area contributed by atoms with Crippen molar-refractivity contribution >= 4 is 5.97 Å². The fourth-order valence-corrected chi connectivity index (χ4v) is 1.77. The van der Waals surface area contributed by atoms with Gasteiger partial charge in [0.2, 0.25) is 0 Å². The second-order valence-corrected chi connectivity index (χ2v) is 4.09. The van der Waals surface area contributed by atoms with Crippen molar-refractivity contribution in [3.63, 3.8) is 0 Å². The van der Waals surface area contributed by atoms with Crippen LogP contribution in [0.5, 0.6) is 0 Å². The number of carbonyl (C=O) groups is 1. The highest BCUT2D eigenvalue weighted by Gasteiger charge is 2.13. The molecule has 0 amide bonds. The number of rotatable bonds is 3. The Morgan fingerprint density at radius 3 is 2.53 bits per heavy atom. The van der Waals surface area contributed by atoms with E-state index in [1.165, 1.54) is 5.56 Å². The molecule has 2 rings (SSSR count). The lowest BCUT2D eigenvalue weighted by Gasteiger charge is -2.01. The van der Waals surface area contributed by atoms with Crippen LogP contribution in [-0.2, 0) is 11.2 Å². The minimum absolute atomic E-state index is 0.0376. The van der Waals surface area contributed by atoms with Gasteiger partial charge in [-0.1, -0.05) is 29.8 Å². The molecule has 0 radical (unpaired) electrons. The molecule has 4 nitrogen and oxygen atoms in total. The van der Waals surface area contributed by atoms with Gasteiger partial charge in [-0.2, -0.15) is 0 Å². The van der Waals surface area contributed by atoms with Crippen molar-refractivity contribution in [1.82, 2.24) is 9.97 Å². The molecule has 2 N–H and O–H groups in total. The van der Waals surface area contributed by atoms with Crippen LogP contribution in [0.3, 0.4) is 0 Å². The summed E-state index contributed by atoms with van der Waals surface area (Å²) in [6.45, 7) is 3.83. The summed E-state index contributed by atoms with van der Waals surface area (Å²) in [4.78, 5) is 18.1. The van der Waals surface area contributed by atoms with Gasteiger partial charge in [0, 0.05) is 5.56 Å². The first kappa shape index (κ1) is 11.4. The second kappa shape index (κ2) is 4.41. The van der Waals surface area contributed by atoms with Crippen molar-refractivity contribution in [3.8, 4) is 11.3 Å². The van der Waals surface area contributed by atoms with E-state index in [4.69, 9.17) is 5.11 Å². The first-order valence-electron chi connectivity index (χ1n) is 5.40. The predicted molar refractivity (Wildman–Crippen MR) is 64.8 cm³/mol. The largest absolute Gasteiger partial charge is 0.481 e. The molecule has 17 heavy (non-hydrogen) atoms. The molecular weight excluding hydrogens is 216 g/mol. The molecule has 2 aromatic rings. The molecular formula is C13H14N2O2. The van der Waals surface area contributed by atoms with Crippen LogP contribution in [0.15, 0.2) is 24.3 Å². The first-order valence-corrected chi connectivity index (χ1v) is 5.40. The van der Waals surface area contributed by atoms with E-state index in [-0.39, 0.29) is 6.42 Å². The molecule has 1 heterocycles. The SMILES string of the molecule is Cc1ccc(-c2nc(C)[nH]c2CC(=O)O)cc1. The Morgan fingerprint density at radius 1 is 1.29 bits per heavy atom. The number of imidazole rings is 1. The molecule has 0 fully saturated rings. The highest BCUT2D eigenvalue weighted by Crippen LogP contribution is 2.22. The minimum Gasteiger partial charge on any atom is -0.481 e. The van der Waals surface area contributed by atoms with Crippen LogP contribution >= 0.6 is 0 Å². The standard InChI is InChI=1S/C13H14N2O2/c1-8-3-5-10(6-4-8)13-11(7-12(16)17)14-9(2)15-13/h3-6H,7H2,1-2H3,(H,14,15)(H,16,17). The number of carboxylic acids is 1. The van der Waals surface area contributed by atoms with Crippen LogP contribution in [0.25, 0.3) is 11.3 Å². The average Bonchev–Trinajstić information content (AvgIpc) is 2.59. The lowest BCUT2D eigenvalue weighted by Crippen LogP contribution is -2.01. The van der Waals surface area contributed by atoms with Gasteiger partial charge in [-0.25, -0.2) is 4.98 Å². The number of hydrogen-bond acceptors (Lipinski definition) is 2. The van der Waals surface area contributed by atoms with Crippen molar-refractivity contribution in [3.05, 3.63) is 41.3 Å². The number of nitrogens with one attached hydrogen (secondary N) is 1. The number of aromatic nitrogens is 2. The van der Waals surface area contributed by atoms with Crippen LogP contribution in [0.4, 0.5) is 0 Å². The number of hydrogen-bond donors (Lipinski definition) is 2. The smallest absolute Gasteiger partial charge is 0.309 e. The monoisotopic (exact) mass is 230 g/mol. The molecule has 0 saturated carbocycles. The predicted octanol–water partition coefficient (Wildman–Crippen LogP) is 2.32. The van der Waals surface area contributed by atoms with Crippen molar-refractivity contribution in [2.75, 3.05) is 0 Å². The molecule has 0 bridgehead atoms.